The second kappa shape index (κ2) is 6.42. The third-order valence-corrected chi connectivity index (χ3v) is 4.72. The van der Waals surface area contributed by atoms with Crippen molar-refractivity contribution in [3.05, 3.63) is 35.6 Å². The van der Waals surface area contributed by atoms with Gasteiger partial charge in [-0.05, 0) is 43.0 Å². The first kappa shape index (κ1) is 14.9. The van der Waals surface area contributed by atoms with Crippen LogP contribution >= 0.6 is 0 Å². The van der Waals surface area contributed by atoms with Gasteiger partial charge in [-0.3, -0.25) is 0 Å². The van der Waals surface area contributed by atoms with Gasteiger partial charge in [-0.2, -0.15) is 0 Å². The monoisotopic (exact) mass is 293 g/mol. The second-order valence-corrected chi connectivity index (χ2v) is 6.17. The Kier molecular flexibility index (Phi) is 4.57. The van der Waals surface area contributed by atoms with Gasteiger partial charge < -0.3 is 14.8 Å². The Morgan fingerprint density at radius 1 is 1.33 bits per heavy atom. The van der Waals surface area contributed by atoms with Gasteiger partial charge in [0.05, 0.1) is 12.2 Å². The fourth-order valence-corrected chi connectivity index (χ4v) is 3.66. The summed E-state index contributed by atoms with van der Waals surface area (Å²) in [7, 11) is 0. The third kappa shape index (κ3) is 3.28. The molecule has 0 aromatic heterocycles. The van der Waals surface area contributed by atoms with E-state index in [9.17, 15) is 4.39 Å². The first-order valence-corrected chi connectivity index (χ1v) is 7.93. The molecule has 4 heteroatoms. The molecule has 1 aromatic rings. The Balaban J connectivity index is 1.78. The predicted molar refractivity (Wildman–Crippen MR) is 79.7 cm³/mol. The van der Waals surface area contributed by atoms with Crippen LogP contribution < -0.4 is 5.32 Å². The Hall–Kier alpha value is -0.970. The zero-order chi connectivity index (χ0) is 14.7. The molecule has 0 radical (unpaired) electrons. The van der Waals surface area contributed by atoms with Crippen molar-refractivity contribution in [2.24, 2.45) is 5.92 Å². The molecule has 2 aliphatic rings. The Morgan fingerprint density at radius 2 is 2.14 bits per heavy atom. The molecule has 1 spiro atoms. The normalized spacial score (nSPS) is 30.7. The van der Waals surface area contributed by atoms with E-state index in [4.69, 9.17) is 9.47 Å². The Labute approximate surface area is 125 Å². The van der Waals surface area contributed by atoms with Crippen LogP contribution in [0.3, 0.4) is 0 Å². The van der Waals surface area contributed by atoms with Crippen molar-refractivity contribution < 1.29 is 13.9 Å². The summed E-state index contributed by atoms with van der Waals surface area (Å²) in [4.78, 5) is 0. The van der Waals surface area contributed by atoms with Crippen molar-refractivity contribution in [1.82, 2.24) is 5.32 Å². The summed E-state index contributed by atoms with van der Waals surface area (Å²) in [5, 5.41) is 3.58. The number of benzene rings is 1. The van der Waals surface area contributed by atoms with Crippen molar-refractivity contribution >= 4 is 0 Å². The average molecular weight is 293 g/mol. The average Bonchev–Trinajstić information content (AvgIpc) is 2.94. The topological polar surface area (TPSA) is 30.5 Å². The van der Waals surface area contributed by atoms with Crippen molar-refractivity contribution in [3.63, 3.8) is 0 Å². The van der Waals surface area contributed by atoms with Gasteiger partial charge in [0, 0.05) is 25.7 Å². The molecule has 21 heavy (non-hydrogen) atoms. The summed E-state index contributed by atoms with van der Waals surface area (Å²) in [6.45, 7) is 5.32. The molecule has 3 unspecified atom stereocenters. The predicted octanol–water partition coefficient (Wildman–Crippen LogP) is 3.06. The minimum Gasteiger partial charge on any atom is -0.378 e. The highest BCUT2D eigenvalue weighted by molar-refractivity contribution is 5.21. The number of nitrogens with one attached hydrogen (secondary N) is 1. The zero-order valence-corrected chi connectivity index (χ0v) is 12.6. The van der Waals surface area contributed by atoms with Crippen LogP contribution in [0, 0.1) is 11.7 Å². The molecule has 3 atom stereocenters. The maximum absolute atomic E-state index is 13.2. The molecule has 2 heterocycles. The summed E-state index contributed by atoms with van der Waals surface area (Å²) in [6, 6.07) is 7.16. The van der Waals surface area contributed by atoms with Crippen LogP contribution in [0.1, 0.15) is 37.8 Å². The fraction of sp³-hybridized carbons (Fsp3) is 0.647. The fourth-order valence-electron chi connectivity index (χ4n) is 3.66. The first-order valence-electron chi connectivity index (χ1n) is 7.93. The van der Waals surface area contributed by atoms with E-state index in [1.807, 2.05) is 12.1 Å². The molecule has 0 amide bonds. The van der Waals surface area contributed by atoms with Gasteiger partial charge >= 0.3 is 0 Å². The lowest BCUT2D eigenvalue weighted by Gasteiger charge is -2.40. The van der Waals surface area contributed by atoms with Gasteiger partial charge in [0.2, 0.25) is 0 Å². The lowest BCUT2D eigenvalue weighted by atomic mass is 9.79. The smallest absolute Gasteiger partial charge is 0.123 e. The standard InChI is InChI=1S/C17H24FNO2/c1-2-19-16(13-3-5-15(18)6-4-13)14-7-9-21-17(11-14)8-10-20-12-17/h3-6,14,16,19H,2,7-12H2,1H3. The van der Waals surface area contributed by atoms with Gasteiger partial charge in [-0.1, -0.05) is 19.1 Å². The molecule has 2 aliphatic heterocycles. The molecule has 2 fully saturated rings. The second-order valence-electron chi connectivity index (χ2n) is 6.17. The maximum atomic E-state index is 13.2. The van der Waals surface area contributed by atoms with E-state index < -0.39 is 0 Å². The molecular weight excluding hydrogens is 269 g/mol. The molecular formula is C17H24FNO2. The van der Waals surface area contributed by atoms with E-state index in [2.05, 4.69) is 12.2 Å². The number of hydrogen-bond acceptors (Lipinski definition) is 3. The van der Waals surface area contributed by atoms with Crippen LogP contribution in [0.15, 0.2) is 24.3 Å². The SMILES string of the molecule is CCNC(c1ccc(F)cc1)C1CCOC2(CCOC2)C1. The minimum absolute atomic E-state index is 0.0867. The molecule has 1 N–H and O–H groups in total. The van der Waals surface area contributed by atoms with E-state index in [-0.39, 0.29) is 17.5 Å². The van der Waals surface area contributed by atoms with Crippen molar-refractivity contribution in [3.8, 4) is 0 Å². The lowest BCUT2D eigenvalue weighted by molar-refractivity contribution is -0.103. The molecule has 0 aliphatic carbocycles. The minimum atomic E-state index is -0.179. The van der Waals surface area contributed by atoms with E-state index in [1.165, 1.54) is 5.56 Å². The molecule has 116 valence electrons. The molecule has 1 aromatic carbocycles. The quantitative estimate of drug-likeness (QED) is 0.925. The van der Waals surface area contributed by atoms with Crippen molar-refractivity contribution in [2.45, 2.75) is 37.8 Å². The molecule has 3 rings (SSSR count). The van der Waals surface area contributed by atoms with Gasteiger partial charge in [0.15, 0.2) is 0 Å². The summed E-state index contributed by atoms with van der Waals surface area (Å²) in [5.41, 5.74) is 1.08. The molecule has 0 bridgehead atoms. The number of hydrogen-bond donors (Lipinski definition) is 1. The largest absolute Gasteiger partial charge is 0.378 e. The Bertz CT molecular complexity index is 456. The first-order chi connectivity index (χ1) is 10.2. The van der Waals surface area contributed by atoms with Crippen LogP contribution in [0.4, 0.5) is 4.39 Å². The highest BCUT2D eigenvalue weighted by Gasteiger charge is 2.43. The highest BCUT2D eigenvalue weighted by atomic mass is 19.1. The maximum Gasteiger partial charge on any atom is 0.123 e. The van der Waals surface area contributed by atoms with Gasteiger partial charge in [0.25, 0.3) is 0 Å². The summed E-state index contributed by atoms with van der Waals surface area (Å²) >= 11 is 0. The van der Waals surface area contributed by atoms with Gasteiger partial charge in [-0.25, -0.2) is 4.39 Å². The van der Waals surface area contributed by atoms with E-state index >= 15 is 0 Å². The zero-order valence-electron chi connectivity index (χ0n) is 12.6. The van der Waals surface area contributed by atoms with Crippen LogP contribution in [-0.2, 0) is 9.47 Å². The summed E-state index contributed by atoms with van der Waals surface area (Å²) in [6.07, 6.45) is 3.05. The van der Waals surface area contributed by atoms with Crippen molar-refractivity contribution in [2.75, 3.05) is 26.4 Å². The number of halogens is 1. The molecule has 0 saturated carbocycles. The number of ether oxygens (including phenoxy) is 2. The van der Waals surface area contributed by atoms with Gasteiger partial charge in [0.1, 0.15) is 5.82 Å². The summed E-state index contributed by atoms with van der Waals surface area (Å²) in [5.74, 6) is 0.326. The van der Waals surface area contributed by atoms with Crippen molar-refractivity contribution in [1.29, 1.82) is 0 Å². The molecule has 2 saturated heterocycles. The van der Waals surface area contributed by atoms with Crippen LogP contribution in [0.25, 0.3) is 0 Å². The number of rotatable bonds is 4. The van der Waals surface area contributed by atoms with E-state index in [0.29, 0.717) is 12.5 Å². The van der Waals surface area contributed by atoms with Crippen LogP contribution in [-0.4, -0.2) is 32.0 Å². The van der Waals surface area contributed by atoms with E-state index in [0.717, 1.165) is 39.0 Å². The third-order valence-electron chi connectivity index (χ3n) is 4.72. The lowest BCUT2D eigenvalue weighted by Crippen LogP contribution is -2.44. The Morgan fingerprint density at radius 3 is 2.81 bits per heavy atom. The van der Waals surface area contributed by atoms with Crippen LogP contribution in [0.2, 0.25) is 0 Å². The van der Waals surface area contributed by atoms with Gasteiger partial charge in [-0.15, -0.1) is 0 Å². The van der Waals surface area contributed by atoms with E-state index in [1.54, 1.807) is 12.1 Å². The van der Waals surface area contributed by atoms with Crippen LogP contribution in [0.5, 0.6) is 0 Å². The highest BCUT2D eigenvalue weighted by Crippen LogP contribution is 2.40. The molecule has 3 nitrogen and oxygen atoms in total. The summed E-state index contributed by atoms with van der Waals surface area (Å²) < 4.78 is 24.7.